The second-order valence-corrected chi connectivity index (χ2v) is 3.41. The number of aromatic carboxylic acids is 1. The minimum Gasteiger partial charge on any atom is -0.478 e. The van der Waals surface area contributed by atoms with Crippen molar-refractivity contribution in [3.63, 3.8) is 0 Å². The van der Waals surface area contributed by atoms with Crippen LogP contribution in [-0.2, 0) is 6.54 Å². The molecule has 1 amide bonds. The first kappa shape index (κ1) is 11.8. The molecule has 0 atom stereocenters. The molecule has 92 valence electrons. The maximum absolute atomic E-state index is 11.6. The first-order valence-electron chi connectivity index (χ1n) is 5.03. The highest BCUT2D eigenvalue weighted by atomic mass is 16.5. The SMILES string of the molecule is O=C(O)c1ccc(C(=O)NCc2ccon2)nc1. The van der Waals surface area contributed by atoms with Crippen molar-refractivity contribution >= 4 is 11.9 Å². The zero-order valence-electron chi connectivity index (χ0n) is 9.16. The van der Waals surface area contributed by atoms with Crippen LogP contribution >= 0.6 is 0 Å². The van der Waals surface area contributed by atoms with Crippen LogP contribution in [0.15, 0.2) is 35.2 Å². The molecule has 2 rings (SSSR count). The number of nitrogens with zero attached hydrogens (tertiary/aromatic N) is 2. The monoisotopic (exact) mass is 247 g/mol. The minimum absolute atomic E-state index is 0.0306. The number of nitrogens with one attached hydrogen (secondary N) is 1. The molecule has 0 aliphatic carbocycles. The van der Waals surface area contributed by atoms with Crippen molar-refractivity contribution in [3.8, 4) is 0 Å². The van der Waals surface area contributed by atoms with Crippen molar-refractivity contribution in [2.45, 2.75) is 6.54 Å². The van der Waals surface area contributed by atoms with Crippen molar-refractivity contribution in [3.05, 3.63) is 47.6 Å². The molecule has 0 radical (unpaired) electrons. The van der Waals surface area contributed by atoms with Crippen molar-refractivity contribution in [1.29, 1.82) is 0 Å². The van der Waals surface area contributed by atoms with Crippen molar-refractivity contribution < 1.29 is 19.2 Å². The standard InChI is InChI=1S/C11H9N3O4/c15-10(13-6-8-3-4-18-14-8)9-2-1-7(5-12-9)11(16)17/h1-5H,6H2,(H,13,15)(H,16,17). The van der Waals surface area contributed by atoms with E-state index in [4.69, 9.17) is 5.11 Å². The molecule has 0 saturated heterocycles. The Bertz CT molecular complexity index is 548. The lowest BCUT2D eigenvalue weighted by Crippen LogP contribution is -2.24. The highest BCUT2D eigenvalue weighted by molar-refractivity contribution is 5.93. The number of pyridine rings is 1. The average molecular weight is 247 g/mol. The topological polar surface area (TPSA) is 105 Å². The van der Waals surface area contributed by atoms with Crippen LogP contribution in [0.2, 0.25) is 0 Å². The van der Waals surface area contributed by atoms with E-state index in [0.717, 1.165) is 6.20 Å². The molecule has 0 bridgehead atoms. The van der Waals surface area contributed by atoms with Crippen molar-refractivity contribution in [1.82, 2.24) is 15.5 Å². The number of carboxylic acid groups (broad SMARTS) is 1. The average Bonchev–Trinajstić information content (AvgIpc) is 2.89. The molecule has 0 aliphatic heterocycles. The van der Waals surface area contributed by atoms with E-state index < -0.39 is 11.9 Å². The van der Waals surface area contributed by atoms with Gasteiger partial charge in [-0.05, 0) is 12.1 Å². The maximum atomic E-state index is 11.6. The molecule has 2 N–H and O–H groups in total. The quantitative estimate of drug-likeness (QED) is 0.823. The van der Waals surface area contributed by atoms with Crippen LogP contribution in [0.25, 0.3) is 0 Å². The Morgan fingerprint density at radius 3 is 2.72 bits per heavy atom. The molecule has 2 aromatic rings. The van der Waals surface area contributed by atoms with E-state index in [1.807, 2.05) is 0 Å². The van der Waals surface area contributed by atoms with Gasteiger partial charge in [0.15, 0.2) is 0 Å². The third kappa shape index (κ3) is 2.70. The summed E-state index contributed by atoms with van der Waals surface area (Å²) in [6, 6.07) is 4.29. The van der Waals surface area contributed by atoms with Gasteiger partial charge in [0.25, 0.3) is 5.91 Å². The molecule has 2 aromatic heterocycles. The highest BCUT2D eigenvalue weighted by Gasteiger charge is 2.09. The van der Waals surface area contributed by atoms with Crippen LogP contribution in [0.4, 0.5) is 0 Å². The predicted molar refractivity (Wildman–Crippen MR) is 58.9 cm³/mol. The van der Waals surface area contributed by atoms with Gasteiger partial charge in [0.1, 0.15) is 17.7 Å². The smallest absolute Gasteiger partial charge is 0.337 e. The van der Waals surface area contributed by atoms with Gasteiger partial charge in [0.2, 0.25) is 0 Å². The van der Waals surface area contributed by atoms with E-state index in [1.54, 1.807) is 6.07 Å². The number of carboxylic acids is 1. The van der Waals surface area contributed by atoms with Crippen LogP contribution in [0, 0.1) is 0 Å². The van der Waals surface area contributed by atoms with Crippen LogP contribution in [0.3, 0.4) is 0 Å². The third-order valence-electron chi connectivity index (χ3n) is 2.16. The van der Waals surface area contributed by atoms with Gasteiger partial charge in [0.05, 0.1) is 12.1 Å². The molecule has 0 saturated carbocycles. The summed E-state index contributed by atoms with van der Waals surface area (Å²) < 4.78 is 4.61. The molecule has 0 aromatic carbocycles. The third-order valence-corrected chi connectivity index (χ3v) is 2.16. The number of amides is 1. The molecule has 7 nitrogen and oxygen atoms in total. The highest BCUT2D eigenvalue weighted by Crippen LogP contribution is 2.01. The van der Waals surface area contributed by atoms with Gasteiger partial charge in [-0.1, -0.05) is 5.16 Å². The molecular formula is C11H9N3O4. The normalized spacial score (nSPS) is 10.0. The molecule has 0 aliphatic rings. The van der Waals surface area contributed by atoms with E-state index >= 15 is 0 Å². The molecule has 18 heavy (non-hydrogen) atoms. The molecule has 0 unspecified atom stereocenters. The first-order valence-corrected chi connectivity index (χ1v) is 5.03. The number of carbonyl (C=O) groups is 2. The van der Waals surface area contributed by atoms with Gasteiger partial charge in [-0.15, -0.1) is 0 Å². The van der Waals surface area contributed by atoms with Crippen LogP contribution in [0.5, 0.6) is 0 Å². The second kappa shape index (κ2) is 5.09. The largest absolute Gasteiger partial charge is 0.478 e. The van der Waals surface area contributed by atoms with E-state index in [1.165, 1.54) is 18.4 Å². The van der Waals surface area contributed by atoms with Gasteiger partial charge >= 0.3 is 5.97 Å². The zero-order chi connectivity index (χ0) is 13.0. The van der Waals surface area contributed by atoms with Crippen LogP contribution < -0.4 is 5.32 Å². The Morgan fingerprint density at radius 2 is 2.17 bits per heavy atom. The number of aromatic nitrogens is 2. The summed E-state index contributed by atoms with van der Waals surface area (Å²) >= 11 is 0. The Balaban J connectivity index is 1.98. The Hall–Kier alpha value is -2.70. The van der Waals surface area contributed by atoms with E-state index in [2.05, 4.69) is 20.0 Å². The molecule has 0 fully saturated rings. The van der Waals surface area contributed by atoms with Crippen molar-refractivity contribution in [2.75, 3.05) is 0 Å². The van der Waals surface area contributed by atoms with E-state index in [0.29, 0.717) is 5.69 Å². The lowest BCUT2D eigenvalue weighted by molar-refractivity contribution is 0.0695. The summed E-state index contributed by atoms with van der Waals surface area (Å²) in [5.74, 6) is -1.49. The van der Waals surface area contributed by atoms with Gasteiger partial charge in [-0.2, -0.15) is 0 Å². The number of rotatable bonds is 4. The van der Waals surface area contributed by atoms with Crippen LogP contribution in [0.1, 0.15) is 26.5 Å². The van der Waals surface area contributed by atoms with Gasteiger partial charge in [-0.3, -0.25) is 9.78 Å². The van der Waals surface area contributed by atoms with E-state index in [9.17, 15) is 9.59 Å². The van der Waals surface area contributed by atoms with Gasteiger partial charge in [0, 0.05) is 12.3 Å². The Kier molecular flexibility index (Phi) is 3.33. The summed E-state index contributed by atoms with van der Waals surface area (Å²) in [5, 5.41) is 14.9. The molecule has 7 heteroatoms. The maximum Gasteiger partial charge on any atom is 0.337 e. The Labute approximate surface area is 101 Å². The number of hydrogen-bond acceptors (Lipinski definition) is 5. The first-order chi connectivity index (χ1) is 8.66. The summed E-state index contributed by atoms with van der Waals surface area (Å²) in [6.45, 7) is 0.220. The molecular weight excluding hydrogens is 238 g/mol. The summed E-state index contributed by atoms with van der Waals surface area (Å²) in [7, 11) is 0. The number of carbonyl (C=O) groups excluding carboxylic acids is 1. The number of hydrogen-bond donors (Lipinski definition) is 2. The van der Waals surface area contributed by atoms with E-state index in [-0.39, 0.29) is 17.8 Å². The summed E-state index contributed by atoms with van der Waals surface area (Å²) in [4.78, 5) is 26.0. The van der Waals surface area contributed by atoms with Gasteiger partial charge in [-0.25, -0.2) is 4.79 Å². The fraction of sp³-hybridized carbons (Fsp3) is 0.0909. The molecule has 2 heterocycles. The molecule has 0 spiro atoms. The minimum atomic E-state index is -1.09. The summed E-state index contributed by atoms with van der Waals surface area (Å²) in [5.41, 5.74) is 0.761. The lowest BCUT2D eigenvalue weighted by atomic mass is 10.2. The van der Waals surface area contributed by atoms with Gasteiger partial charge < -0.3 is 14.9 Å². The zero-order valence-corrected chi connectivity index (χ0v) is 9.16. The fourth-order valence-electron chi connectivity index (χ4n) is 1.24. The fourth-order valence-corrected chi connectivity index (χ4v) is 1.24. The predicted octanol–water partition coefficient (Wildman–Crippen LogP) is 0.698. The summed E-state index contributed by atoms with van der Waals surface area (Å²) in [6.07, 6.45) is 2.54. The van der Waals surface area contributed by atoms with Crippen LogP contribution in [-0.4, -0.2) is 27.1 Å². The lowest BCUT2D eigenvalue weighted by Gasteiger charge is -2.02. The Morgan fingerprint density at radius 1 is 1.33 bits per heavy atom. The van der Waals surface area contributed by atoms with Crippen molar-refractivity contribution in [2.24, 2.45) is 0 Å². The second-order valence-electron chi connectivity index (χ2n) is 3.41.